The van der Waals surface area contributed by atoms with Gasteiger partial charge in [0.15, 0.2) is 0 Å². The molecule has 8 heteroatoms. The number of anilines is 3. The van der Waals surface area contributed by atoms with E-state index in [0.717, 1.165) is 35.4 Å². The van der Waals surface area contributed by atoms with Crippen LogP contribution in [-0.4, -0.2) is 34.2 Å². The molecule has 1 aromatic carbocycles. The fraction of sp³-hybridized carbons (Fsp3) is 0.250. The van der Waals surface area contributed by atoms with Gasteiger partial charge in [0, 0.05) is 24.5 Å². The van der Waals surface area contributed by atoms with Crippen molar-refractivity contribution in [3.8, 4) is 0 Å². The van der Waals surface area contributed by atoms with E-state index in [0.29, 0.717) is 18.1 Å². The van der Waals surface area contributed by atoms with Gasteiger partial charge in [0.25, 0.3) is 5.71 Å². The Bertz CT molecular complexity index is 906. The van der Waals surface area contributed by atoms with Gasteiger partial charge in [0.05, 0.1) is 5.69 Å². The van der Waals surface area contributed by atoms with E-state index >= 15 is 0 Å². The van der Waals surface area contributed by atoms with Crippen LogP contribution >= 0.6 is 0 Å². The van der Waals surface area contributed by atoms with Crippen LogP contribution in [0.3, 0.4) is 0 Å². The lowest BCUT2D eigenvalue weighted by Gasteiger charge is -2.27. The van der Waals surface area contributed by atoms with Crippen molar-refractivity contribution in [3.63, 3.8) is 0 Å². The highest BCUT2D eigenvalue weighted by Gasteiger charge is 2.19. The second-order valence-electron chi connectivity index (χ2n) is 5.58. The van der Waals surface area contributed by atoms with Crippen molar-refractivity contribution in [2.75, 3.05) is 23.3 Å². The minimum Gasteiger partial charge on any atom is -0.339 e. The average Bonchev–Trinajstić information content (AvgIpc) is 2.98. The largest absolute Gasteiger partial charge is 0.339 e. The molecule has 8 nitrogen and oxygen atoms in total. The first-order chi connectivity index (χ1) is 11.7. The normalized spacial score (nSPS) is 14.7. The molecular formula is C16H16N6O2. The van der Waals surface area contributed by atoms with E-state index in [1.54, 1.807) is 4.90 Å². The third kappa shape index (κ3) is 2.51. The van der Waals surface area contributed by atoms with Gasteiger partial charge in [-0.15, -0.1) is 0 Å². The standard InChI is InChI=1S/C16H16N6O2/c1-10-13-14(18-9-19-15(13)24-21-10)20-11-4-2-5-12(8-11)22-7-3-6-17-16(22)23/h2,4-5,8-9H,3,6-7H2,1H3,(H,17,23)(H,18,19,20). The molecule has 0 radical (unpaired) electrons. The summed E-state index contributed by atoms with van der Waals surface area (Å²) in [6.07, 6.45) is 2.35. The minimum atomic E-state index is -0.0716. The highest BCUT2D eigenvalue weighted by Crippen LogP contribution is 2.27. The monoisotopic (exact) mass is 324 g/mol. The van der Waals surface area contributed by atoms with Gasteiger partial charge in [0.1, 0.15) is 17.5 Å². The summed E-state index contributed by atoms with van der Waals surface area (Å²) in [5.74, 6) is 0.624. The molecule has 0 bridgehead atoms. The quantitative estimate of drug-likeness (QED) is 0.769. The number of nitrogens with zero attached hydrogens (tertiary/aromatic N) is 4. The third-order valence-electron chi connectivity index (χ3n) is 3.94. The molecule has 2 N–H and O–H groups in total. The number of benzene rings is 1. The van der Waals surface area contributed by atoms with Crippen LogP contribution in [-0.2, 0) is 0 Å². The van der Waals surface area contributed by atoms with E-state index < -0.39 is 0 Å². The van der Waals surface area contributed by atoms with Gasteiger partial charge in [-0.25, -0.2) is 9.78 Å². The van der Waals surface area contributed by atoms with Crippen molar-refractivity contribution in [2.24, 2.45) is 0 Å². The lowest BCUT2D eigenvalue weighted by atomic mass is 10.2. The van der Waals surface area contributed by atoms with Crippen molar-refractivity contribution in [2.45, 2.75) is 13.3 Å². The summed E-state index contributed by atoms with van der Waals surface area (Å²) in [7, 11) is 0. The van der Waals surface area contributed by atoms with E-state index in [-0.39, 0.29) is 6.03 Å². The molecule has 2 amide bonds. The van der Waals surface area contributed by atoms with E-state index in [1.165, 1.54) is 6.33 Å². The van der Waals surface area contributed by atoms with Crippen molar-refractivity contribution >= 4 is 34.3 Å². The fourth-order valence-corrected chi connectivity index (χ4v) is 2.78. The van der Waals surface area contributed by atoms with Crippen LogP contribution in [0, 0.1) is 6.92 Å². The Morgan fingerprint density at radius 3 is 3.12 bits per heavy atom. The number of hydrogen-bond donors (Lipinski definition) is 2. The summed E-state index contributed by atoms with van der Waals surface area (Å²) in [6.45, 7) is 3.27. The maximum atomic E-state index is 12.0. The predicted octanol–water partition coefficient (Wildman–Crippen LogP) is 2.59. The van der Waals surface area contributed by atoms with Crippen molar-refractivity contribution in [1.82, 2.24) is 20.4 Å². The van der Waals surface area contributed by atoms with Gasteiger partial charge in [0.2, 0.25) is 0 Å². The van der Waals surface area contributed by atoms with Crippen molar-refractivity contribution in [1.29, 1.82) is 0 Å². The molecule has 0 spiro atoms. The van der Waals surface area contributed by atoms with Crippen LogP contribution in [0.15, 0.2) is 35.1 Å². The Labute approximate surface area is 137 Å². The van der Waals surface area contributed by atoms with Crippen LogP contribution < -0.4 is 15.5 Å². The second kappa shape index (κ2) is 5.80. The number of urea groups is 1. The molecule has 1 saturated heterocycles. The Morgan fingerprint density at radius 2 is 2.25 bits per heavy atom. The average molecular weight is 324 g/mol. The molecule has 0 aliphatic carbocycles. The number of fused-ring (bicyclic) bond motifs is 1. The lowest BCUT2D eigenvalue weighted by molar-refractivity contribution is 0.243. The van der Waals surface area contributed by atoms with E-state index in [4.69, 9.17) is 4.52 Å². The van der Waals surface area contributed by atoms with E-state index in [1.807, 2.05) is 31.2 Å². The van der Waals surface area contributed by atoms with Crippen LogP contribution in [0.2, 0.25) is 0 Å². The Kier molecular flexibility index (Phi) is 3.49. The van der Waals surface area contributed by atoms with Crippen LogP contribution in [0.25, 0.3) is 11.1 Å². The van der Waals surface area contributed by atoms with Crippen LogP contribution in [0.4, 0.5) is 22.0 Å². The molecule has 3 aromatic rings. The number of amides is 2. The molecule has 122 valence electrons. The number of aryl methyl sites for hydroxylation is 1. The molecule has 0 saturated carbocycles. The summed E-state index contributed by atoms with van der Waals surface area (Å²) in [4.78, 5) is 22.1. The van der Waals surface area contributed by atoms with Crippen molar-refractivity contribution < 1.29 is 9.32 Å². The summed E-state index contributed by atoms with van der Waals surface area (Å²) < 4.78 is 5.16. The molecule has 1 fully saturated rings. The molecule has 3 heterocycles. The lowest BCUT2D eigenvalue weighted by Crippen LogP contribution is -2.46. The topological polar surface area (TPSA) is 96.2 Å². The first-order valence-corrected chi connectivity index (χ1v) is 7.72. The highest BCUT2D eigenvalue weighted by atomic mass is 16.5. The third-order valence-corrected chi connectivity index (χ3v) is 3.94. The molecule has 24 heavy (non-hydrogen) atoms. The minimum absolute atomic E-state index is 0.0716. The fourth-order valence-electron chi connectivity index (χ4n) is 2.78. The summed E-state index contributed by atoms with van der Waals surface area (Å²) in [6, 6.07) is 7.58. The number of carbonyl (C=O) groups is 1. The molecule has 2 aromatic heterocycles. The number of nitrogens with one attached hydrogen (secondary N) is 2. The Hall–Kier alpha value is -3.16. The summed E-state index contributed by atoms with van der Waals surface area (Å²) >= 11 is 0. The van der Waals surface area contributed by atoms with E-state index in [9.17, 15) is 4.79 Å². The Balaban J connectivity index is 1.66. The predicted molar refractivity (Wildman–Crippen MR) is 89.4 cm³/mol. The molecule has 0 atom stereocenters. The number of aromatic nitrogens is 3. The SMILES string of the molecule is Cc1noc2ncnc(Nc3cccc(N4CCCNC4=O)c3)c12. The summed E-state index contributed by atoms with van der Waals surface area (Å²) in [5.41, 5.74) is 2.83. The molecule has 4 rings (SSSR count). The molecular weight excluding hydrogens is 308 g/mol. The van der Waals surface area contributed by atoms with Gasteiger partial charge in [-0.2, -0.15) is 4.98 Å². The Morgan fingerprint density at radius 1 is 1.33 bits per heavy atom. The van der Waals surface area contributed by atoms with Crippen molar-refractivity contribution in [3.05, 3.63) is 36.3 Å². The first-order valence-electron chi connectivity index (χ1n) is 7.72. The second-order valence-corrected chi connectivity index (χ2v) is 5.58. The van der Waals surface area contributed by atoms with Crippen LogP contribution in [0.5, 0.6) is 0 Å². The maximum absolute atomic E-state index is 12.0. The van der Waals surface area contributed by atoms with Crippen LogP contribution in [0.1, 0.15) is 12.1 Å². The number of rotatable bonds is 3. The number of carbonyl (C=O) groups excluding carboxylic acids is 1. The van der Waals surface area contributed by atoms with Gasteiger partial charge >= 0.3 is 6.03 Å². The maximum Gasteiger partial charge on any atom is 0.321 e. The smallest absolute Gasteiger partial charge is 0.321 e. The zero-order valence-corrected chi connectivity index (χ0v) is 13.1. The van der Waals surface area contributed by atoms with Gasteiger partial charge < -0.3 is 15.2 Å². The summed E-state index contributed by atoms with van der Waals surface area (Å²) in [5, 5.41) is 10.8. The molecule has 0 unspecified atom stereocenters. The van der Waals surface area contributed by atoms with Gasteiger partial charge in [-0.1, -0.05) is 11.2 Å². The van der Waals surface area contributed by atoms with E-state index in [2.05, 4.69) is 25.8 Å². The zero-order valence-electron chi connectivity index (χ0n) is 13.1. The first kappa shape index (κ1) is 14.4. The number of hydrogen-bond acceptors (Lipinski definition) is 6. The van der Waals surface area contributed by atoms with Gasteiger partial charge in [-0.05, 0) is 31.5 Å². The zero-order chi connectivity index (χ0) is 16.5. The molecule has 1 aliphatic rings. The van der Waals surface area contributed by atoms with Gasteiger partial charge in [-0.3, -0.25) is 4.90 Å². The molecule has 1 aliphatic heterocycles. The highest BCUT2D eigenvalue weighted by molar-refractivity contribution is 5.94.